The Kier molecular flexibility index (Phi) is 6.61. The zero-order chi connectivity index (χ0) is 15.2. The van der Waals surface area contributed by atoms with Crippen LogP contribution in [0.15, 0.2) is 22.7 Å². The molecule has 0 bridgehead atoms. The SMILES string of the molecule is CCCNC(Cc1cccc(F)c1Br)C1CN(C)CCO1. The number of hydrogen-bond acceptors (Lipinski definition) is 3. The molecule has 1 heterocycles. The van der Waals surface area contributed by atoms with Crippen LogP contribution in [-0.2, 0) is 11.2 Å². The standard InChI is InChI=1S/C16H24BrFN2O/c1-3-7-19-14(15-11-20(2)8-9-21-15)10-12-5-4-6-13(18)16(12)17/h4-6,14-15,19H,3,7-11H2,1-2H3. The second-order valence-electron chi connectivity index (χ2n) is 5.65. The molecule has 1 aliphatic heterocycles. The van der Waals surface area contributed by atoms with Gasteiger partial charge >= 0.3 is 0 Å². The predicted molar refractivity (Wildman–Crippen MR) is 87.1 cm³/mol. The summed E-state index contributed by atoms with van der Waals surface area (Å²) in [5.74, 6) is -0.205. The van der Waals surface area contributed by atoms with Crippen LogP contribution in [0, 0.1) is 5.82 Å². The van der Waals surface area contributed by atoms with Crippen LogP contribution >= 0.6 is 15.9 Å². The number of likely N-dealkylation sites (N-methyl/N-ethyl adjacent to an activating group) is 1. The second-order valence-corrected chi connectivity index (χ2v) is 6.44. The smallest absolute Gasteiger partial charge is 0.137 e. The Bertz CT molecular complexity index is 458. The Morgan fingerprint density at radius 1 is 1.52 bits per heavy atom. The van der Waals surface area contributed by atoms with Crippen LogP contribution in [0.2, 0.25) is 0 Å². The van der Waals surface area contributed by atoms with Crippen LogP contribution < -0.4 is 5.32 Å². The van der Waals surface area contributed by atoms with Crippen molar-refractivity contribution in [1.29, 1.82) is 0 Å². The highest BCUT2D eigenvalue weighted by molar-refractivity contribution is 9.10. The van der Waals surface area contributed by atoms with E-state index in [0.29, 0.717) is 4.47 Å². The van der Waals surface area contributed by atoms with Gasteiger partial charge in [-0.05, 0) is 54.0 Å². The molecule has 2 atom stereocenters. The molecule has 0 radical (unpaired) electrons. The zero-order valence-corrected chi connectivity index (χ0v) is 14.3. The van der Waals surface area contributed by atoms with Crippen molar-refractivity contribution in [2.24, 2.45) is 0 Å². The van der Waals surface area contributed by atoms with Crippen LogP contribution in [0.25, 0.3) is 0 Å². The summed E-state index contributed by atoms with van der Waals surface area (Å²) < 4.78 is 20.2. The highest BCUT2D eigenvalue weighted by Crippen LogP contribution is 2.23. The second kappa shape index (κ2) is 8.22. The number of nitrogens with zero attached hydrogens (tertiary/aromatic N) is 1. The molecule has 118 valence electrons. The van der Waals surface area contributed by atoms with Gasteiger partial charge in [0, 0.05) is 19.1 Å². The molecule has 0 amide bonds. The first kappa shape index (κ1) is 16.9. The van der Waals surface area contributed by atoms with Gasteiger partial charge in [-0.1, -0.05) is 19.1 Å². The molecule has 1 fully saturated rings. The third-order valence-electron chi connectivity index (χ3n) is 3.87. The number of hydrogen-bond donors (Lipinski definition) is 1. The predicted octanol–water partition coefficient (Wildman–Crippen LogP) is 2.83. The summed E-state index contributed by atoms with van der Waals surface area (Å²) in [6.45, 7) is 5.74. The summed E-state index contributed by atoms with van der Waals surface area (Å²) in [4.78, 5) is 2.29. The van der Waals surface area contributed by atoms with Crippen molar-refractivity contribution in [3.8, 4) is 0 Å². The molecule has 1 aromatic carbocycles. The minimum absolute atomic E-state index is 0.144. The fourth-order valence-electron chi connectivity index (χ4n) is 2.66. The number of morpholine rings is 1. The highest BCUT2D eigenvalue weighted by atomic mass is 79.9. The fraction of sp³-hybridized carbons (Fsp3) is 0.625. The third-order valence-corrected chi connectivity index (χ3v) is 4.76. The normalized spacial score (nSPS) is 21.4. The lowest BCUT2D eigenvalue weighted by molar-refractivity contribution is -0.0384. The van der Waals surface area contributed by atoms with E-state index in [0.717, 1.165) is 44.6 Å². The molecule has 1 aliphatic rings. The first-order valence-electron chi connectivity index (χ1n) is 7.58. The Hall–Kier alpha value is -0.490. The first-order chi connectivity index (χ1) is 10.1. The summed E-state index contributed by atoms with van der Waals surface area (Å²) in [5.41, 5.74) is 0.987. The third kappa shape index (κ3) is 4.74. The van der Waals surface area contributed by atoms with Crippen molar-refractivity contribution in [1.82, 2.24) is 10.2 Å². The number of benzene rings is 1. The van der Waals surface area contributed by atoms with E-state index < -0.39 is 0 Å². The zero-order valence-electron chi connectivity index (χ0n) is 12.7. The monoisotopic (exact) mass is 358 g/mol. The van der Waals surface area contributed by atoms with Gasteiger partial charge in [-0.2, -0.15) is 0 Å². The lowest BCUT2D eigenvalue weighted by Gasteiger charge is -2.36. The molecule has 2 unspecified atom stereocenters. The maximum atomic E-state index is 13.7. The van der Waals surface area contributed by atoms with Gasteiger partial charge < -0.3 is 15.0 Å². The average molecular weight is 359 g/mol. The molecule has 0 aromatic heterocycles. The molecular weight excluding hydrogens is 335 g/mol. The molecule has 3 nitrogen and oxygen atoms in total. The van der Waals surface area contributed by atoms with Crippen LogP contribution in [0.1, 0.15) is 18.9 Å². The van der Waals surface area contributed by atoms with E-state index in [1.165, 1.54) is 6.07 Å². The van der Waals surface area contributed by atoms with Crippen LogP contribution in [0.5, 0.6) is 0 Å². The molecule has 2 rings (SSSR count). The van der Waals surface area contributed by atoms with Crippen molar-refractivity contribution in [3.63, 3.8) is 0 Å². The fourth-order valence-corrected chi connectivity index (χ4v) is 3.09. The van der Waals surface area contributed by atoms with Gasteiger partial charge in [-0.25, -0.2) is 4.39 Å². The molecule has 0 spiro atoms. The molecule has 0 aliphatic carbocycles. The minimum atomic E-state index is -0.205. The Labute approximate surface area is 135 Å². The quantitative estimate of drug-likeness (QED) is 0.846. The number of rotatable bonds is 6. The van der Waals surface area contributed by atoms with Crippen molar-refractivity contribution in [3.05, 3.63) is 34.1 Å². The van der Waals surface area contributed by atoms with Crippen LogP contribution in [-0.4, -0.2) is 50.3 Å². The Morgan fingerprint density at radius 2 is 2.33 bits per heavy atom. The summed E-state index contributed by atoms with van der Waals surface area (Å²) in [6.07, 6.45) is 1.98. The maximum Gasteiger partial charge on any atom is 0.137 e. The van der Waals surface area contributed by atoms with Gasteiger partial charge in [0.15, 0.2) is 0 Å². The van der Waals surface area contributed by atoms with E-state index in [4.69, 9.17) is 4.74 Å². The van der Waals surface area contributed by atoms with Gasteiger partial charge in [0.05, 0.1) is 17.2 Å². The van der Waals surface area contributed by atoms with Crippen molar-refractivity contribution >= 4 is 15.9 Å². The van der Waals surface area contributed by atoms with Crippen molar-refractivity contribution < 1.29 is 9.13 Å². The van der Waals surface area contributed by atoms with E-state index in [9.17, 15) is 4.39 Å². The lowest BCUT2D eigenvalue weighted by atomic mass is 9.99. The van der Waals surface area contributed by atoms with Crippen LogP contribution in [0.4, 0.5) is 4.39 Å². The number of ether oxygens (including phenoxy) is 1. The molecular formula is C16H24BrFN2O. The number of nitrogens with one attached hydrogen (secondary N) is 1. The summed E-state index contributed by atoms with van der Waals surface area (Å²) in [7, 11) is 2.12. The molecule has 1 aromatic rings. The van der Waals surface area contributed by atoms with Gasteiger partial charge in [0.25, 0.3) is 0 Å². The highest BCUT2D eigenvalue weighted by Gasteiger charge is 2.27. The van der Waals surface area contributed by atoms with Crippen LogP contribution in [0.3, 0.4) is 0 Å². The van der Waals surface area contributed by atoms with Crippen molar-refractivity contribution in [2.75, 3.05) is 33.3 Å². The molecule has 0 saturated carbocycles. The maximum absolute atomic E-state index is 13.7. The summed E-state index contributed by atoms with van der Waals surface area (Å²) >= 11 is 3.36. The minimum Gasteiger partial charge on any atom is -0.374 e. The van der Waals surface area contributed by atoms with Gasteiger partial charge in [-0.3, -0.25) is 0 Å². The van der Waals surface area contributed by atoms with E-state index in [-0.39, 0.29) is 18.0 Å². The van der Waals surface area contributed by atoms with E-state index >= 15 is 0 Å². The largest absolute Gasteiger partial charge is 0.374 e. The molecule has 1 saturated heterocycles. The Balaban J connectivity index is 2.10. The summed E-state index contributed by atoms with van der Waals surface area (Å²) in [5, 5.41) is 3.56. The van der Waals surface area contributed by atoms with E-state index in [1.807, 2.05) is 6.07 Å². The van der Waals surface area contributed by atoms with Gasteiger partial charge in [0.2, 0.25) is 0 Å². The topological polar surface area (TPSA) is 24.5 Å². The summed E-state index contributed by atoms with van der Waals surface area (Å²) in [6, 6.07) is 5.42. The first-order valence-corrected chi connectivity index (χ1v) is 8.37. The number of halogens is 2. The van der Waals surface area contributed by atoms with Gasteiger partial charge in [0.1, 0.15) is 5.82 Å². The van der Waals surface area contributed by atoms with Gasteiger partial charge in [-0.15, -0.1) is 0 Å². The molecule has 1 N–H and O–H groups in total. The average Bonchev–Trinajstić information content (AvgIpc) is 2.47. The Morgan fingerprint density at radius 3 is 3.05 bits per heavy atom. The van der Waals surface area contributed by atoms with E-state index in [2.05, 4.69) is 40.1 Å². The lowest BCUT2D eigenvalue weighted by Crippen LogP contribution is -2.52. The molecule has 21 heavy (non-hydrogen) atoms. The van der Waals surface area contributed by atoms with Crippen molar-refractivity contribution in [2.45, 2.75) is 31.9 Å². The van der Waals surface area contributed by atoms with E-state index in [1.54, 1.807) is 6.07 Å². The molecule has 5 heteroatoms.